The lowest BCUT2D eigenvalue weighted by Crippen LogP contribution is -2.16. The van der Waals surface area contributed by atoms with Crippen molar-refractivity contribution in [2.24, 2.45) is 0 Å². The lowest BCUT2D eigenvalue weighted by atomic mass is 9.93. The normalized spacial score (nSPS) is 12.5. The highest BCUT2D eigenvalue weighted by Gasteiger charge is 2.25. The largest absolute Gasteiger partial charge is 0.435 e. The molecule has 0 unspecified atom stereocenters. The number of hydrogen-bond donors (Lipinski definition) is 0. The molecule has 0 N–H and O–H groups in total. The van der Waals surface area contributed by atoms with E-state index in [1.165, 1.54) is 12.1 Å². The molecule has 2 heterocycles. The third-order valence-electron chi connectivity index (χ3n) is 4.09. The van der Waals surface area contributed by atoms with Crippen molar-refractivity contribution in [1.82, 2.24) is 4.40 Å². The number of hydrogen-bond acceptors (Lipinski definition) is 3. The zero-order chi connectivity index (χ0) is 18.0. The number of rotatable bonds is 6. The number of fused-ring (bicyclic) bond motifs is 1. The third kappa shape index (κ3) is 3.60. The zero-order valence-electron chi connectivity index (χ0n) is 13.4. The van der Waals surface area contributed by atoms with Crippen molar-refractivity contribution >= 4 is 5.52 Å². The molecule has 7 heteroatoms. The number of halogens is 2. The summed E-state index contributed by atoms with van der Waals surface area (Å²) in [6, 6.07) is 13.6. The number of ether oxygens (including phenoxy) is 1. The lowest BCUT2D eigenvalue weighted by molar-refractivity contribution is -0.482. The van der Waals surface area contributed by atoms with Crippen LogP contribution in [0.3, 0.4) is 0 Å². The van der Waals surface area contributed by atoms with Crippen molar-refractivity contribution in [3.63, 3.8) is 0 Å². The number of benzene rings is 1. The summed E-state index contributed by atoms with van der Waals surface area (Å²) < 4.78 is 30.8. The van der Waals surface area contributed by atoms with Crippen LogP contribution in [0.1, 0.15) is 22.7 Å². The Labute approximate surface area is 142 Å². The monoisotopic (exact) mass is 346 g/mol. The fraction of sp³-hybridized carbons (Fsp3) is 0.222. The van der Waals surface area contributed by atoms with Crippen molar-refractivity contribution < 1.29 is 18.4 Å². The van der Waals surface area contributed by atoms with E-state index in [0.29, 0.717) is 5.56 Å². The van der Waals surface area contributed by atoms with Gasteiger partial charge in [-0.25, -0.2) is 0 Å². The zero-order valence-corrected chi connectivity index (χ0v) is 13.4. The van der Waals surface area contributed by atoms with Crippen LogP contribution in [0.25, 0.3) is 5.52 Å². The summed E-state index contributed by atoms with van der Waals surface area (Å²) >= 11 is 0. The van der Waals surface area contributed by atoms with Gasteiger partial charge in [0.05, 0.1) is 5.92 Å². The first-order valence-electron chi connectivity index (χ1n) is 7.69. The van der Waals surface area contributed by atoms with Crippen LogP contribution in [0.4, 0.5) is 8.78 Å². The second kappa shape index (κ2) is 6.88. The molecule has 0 saturated heterocycles. The number of alkyl halides is 2. The minimum absolute atomic E-state index is 0.0235. The Bertz CT molecular complexity index is 891. The molecule has 3 rings (SSSR count). The highest BCUT2D eigenvalue weighted by atomic mass is 19.3. The van der Waals surface area contributed by atoms with E-state index in [0.717, 1.165) is 16.8 Å². The first-order valence-corrected chi connectivity index (χ1v) is 7.69. The van der Waals surface area contributed by atoms with Crippen LogP contribution >= 0.6 is 0 Å². The van der Waals surface area contributed by atoms with Gasteiger partial charge in [-0.1, -0.05) is 18.2 Å². The maximum absolute atomic E-state index is 12.3. The molecule has 1 atom stereocenters. The fourth-order valence-electron chi connectivity index (χ4n) is 3.10. The van der Waals surface area contributed by atoms with Gasteiger partial charge in [-0.05, 0) is 48.4 Å². The van der Waals surface area contributed by atoms with Gasteiger partial charge in [0.25, 0.3) is 0 Å². The molecule has 1 aromatic carbocycles. The molecule has 0 fully saturated rings. The summed E-state index contributed by atoms with van der Waals surface area (Å²) in [7, 11) is 0. The molecule has 25 heavy (non-hydrogen) atoms. The van der Waals surface area contributed by atoms with Gasteiger partial charge < -0.3 is 9.14 Å². The minimum Gasteiger partial charge on any atom is -0.435 e. The van der Waals surface area contributed by atoms with Gasteiger partial charge in [0.15, 0.2) is 0 Å². The molecule has 0 aliphatic rings. The van der Waals surface area contributed by atoms with Gasteiger partial charge >= 0.3 is 6.61 Å². The molecular formula is C18H16F2N2O3. The molecule has 0 aliphatic carbocycles. The quantitative estimate of drug-likeness (QED) is 0.495. The Morgan fingerprint density at radius 2 is 1.92 bits per heavy atom. The summed E-state index contributed by atoms with van der Waals surface area (Å²) in [5.41, 5.74) is 3.37. The van der Waals surface area contributed by atoms with Gasteiger partial charge in [-0.3, -0.25) is 10.1 Å². The number of nitro groups is 1. The van der Waals surface area contributed by atoms with Crippen LogP contribution in [-0.4, -0.2) is 22.5 Å². The van der Waals surface area contributed by atoms with Crippen molar-refractivity contribution in [1.29, 1.82) is 0 Å². The Kier molecular flexibility index (Phi) is 4.65. The molecular weight excluding hydrogens is 330 g/mol. The molecule has 3 aromatic rings. The highest BCUT2D eigenvalue weighted by molar-refractivity contribution is 5.55. The van der Waals surface area contributed by atoms with E-state index in [1.807, 2.05) is 41.8 Å². The summed E-state index contributed by atoms with van der Waals surface area (Å²) in [6.07, 6.45) is 1.86. The maximum Gasteiger partial charge on any atom is 0.387 e. The Morgan fingerprint density at radius 1 is 1.20 bits per heavy atom. The predicted octanol–water partition coefficient (Wildman–Crippen LogP) is 4.26. The standard InChI is InChI=1S/C18H16F2N2O3/c1-12-10-14-4-2-3-9-21(14)17(12)16(11-22(23)24)13-5-7-15(8-6-13)25-18(19)20/h2-10,16,18H,11H2,1H3/t16-/m1/s1. The van der Waals surface area contributed by atoms with Crippen molar-refractivity contribution in [2.45, 2.75) is 19.5 Å². The van der Waals surface area contributed by atoms with E-state index in [4.69, 9.17) is 0 Å². The van der Waals surface area contributed by atoms with Crippen molar-refractivity contribution in [2.75, 3.05) is 6.54 Å². The van der Waals surface area contributed by atoms with Crippen LogP contribution in [-0.2, 0) is 0 Å². The highest BCUT2D eigenvalue weighted by Crippen LogP contribution is 2.31. The predicted molar refractivity (Wildman–Crippen MR) is 88.9 cm³/mol. The first kappa shape index (κ1) is 16.9. The lowest BCUT2D eigenvalue weighted by Gasteiger charge is -2.16. The smallest absolute Gasteiger partial charge is 0.387 e. The minimum atomic E-state index is -2.91. The summed E-state index contributed by atoms with van der Waals surface area (Å²) in [5.74, 6) is -0.476. The van der Waals surface area contributed by atoms with E-state index in [-0.39, 0.29) is 17.2 Å². The maximum atomic E-state index is 12.3. The molecule has 130 valence electrons. The average Bonchev–Trinajstić information content (AvgIpc) is 2.88. The first-order chi connectivity index (χ1) is 12.0. The Hall–Kier alpha value is -2.96. The summed E-state index contributed by atoms with van der Waals surface area (Å²) in [5, 5.41) is 11.2. The van der Waals surface area contributed by atoms with E-state index in [9.17, 15) is 18.9 Å². The number of nitrogens with zero attached hydrogens (tertiary/aromatic N) is 2. The number of pyridine rings is 1. The van der Waals surface area contributed by atoms with E-state index in [1.54, 1.807) is 12.1 Å². The van der Waals surface area contributed by atoms with Crippen LogP contribution in [0.5, 0.6) is 5.75 Å². The Morgan fingerprint density at radius 3 is 2.56 bits per heavy atom. The molecule has 0 aliphatic heterocycles. The molecule has 0 bridgehead atoms. The summed E-state index contributed by atoms with van der Waals surface area (Å²) in [4.78, 5) is 10.8. The van der Waals surface area contributed by atoms with Crippen molar-refractivity contribution in [3.05, 3.63) is 81.7 Å². The van der Waals surface area contributed by atoms with E-state index < -0.39 is 12.5 Å². The van der Waals surface area contributed by atoms with E-state index >= 15 is 0 Å². The number of aromatic nitrogens is 1. The Balaban J connectivity index is 2.05. The van der Waals surface area contributed by atoms with E-state index in [2.05, 4.69) is 4.74 Å². The number of aryl methyl sites for hydroxylation is 1. The molecule has 5 nitrogen and oxygen atoms in total. The molecule has 2 aromatic heterocycles. The van der Waals surface area contributed by atoms with Crippen LogP contribution in [0, 0.1) is 17.0 Å². The fourth-order valence-corrected chi connectivity index (χ4v) is 3.10. The third-order valence-corrected chi connectivity index (χ3v) is 4.09. The molecule has 0 radical (unpaired) electrons. The van der Waals surface area contributed by atoms with Gasteiger partial charge in [0, 0.05) is 22.3 Å². The van der Waals surface area contributed by atoms with Gasteiger partial charge in [-0.2, -0.15) is 8.78 Å². The van der Waals surface area contributed by atoms with Gasteiger partial charge in [0.2, 0.25) is 6.54 Å². The van der Waals surface area contributed by atoms with Crippen molar-refractivity contribution in [3.8, 4) is 5.75 Å². The van der Waals surface area contributed by atoms with Crippen LogP contribution in [0.15, 0.2) is 54.7 Å². The summed E-state index contributed by atoms with van der Waals surface area (Å²) in [6.45, 7) is -1.29. The van der Waals surface area contributed by atoms with Crippen LogP contribution in [0.2, 0.25) is 0 Å². The van der Waals surface area contributed by atoms with Gasteiger partial charge in [-0.15, -0.1) is 0 Å². The second-order valence-electron chi connectivity index (χ2n) is 5.72. The second-order valence-corrected chi connectivity index (χ2v) is 5.72. The molecule has 0 saturated carbocycles. The van der Waals surface area contributed by atoms with Crippen LogP contribution < -0.4 is 4.74 Å². The average molecular weight is 346 g/mol. The SMILES string of the molecule is Cc1cc2ccccn2c1[C@H](C[N+](=O)[O-])c1ccc(OC(F)F)cc1. The molecule has 0 spiro atoms. The topological polar surface area (TPSA) is 56.8 Å². The molecule has 0 amide bonds. The van der Waals surface area contributed by atoms with Gasteiger partial charge in [0.1, 0.15) is 5.75 Å².